The Bertz CT molecular complexity index is 1260. The standard InChI is InChI=1S/C21H22F3N5O3S/c22-21(23,24)14-4-6-15(7-5-14)33(30,31)29-10-8-13(9-11-29)12-32-17-3-1-2-16-18(17)19(25)28-20(26)27-16/h1-7,13H,8-12H2,(H4,25,26,27,28). The molecule has 12 heteroatoms. The molecule has 33 heavy (non-hydrogen) atoms. The second-order valence-corrected chi connectivity index (χ2v) is 9.74. The summed E-state index contributed by atoms with van der Waals surface area (Å²) >= 11 is 0. The maximum absolute atomic E-state index is 12.8. The molecule has 8 nitrogen and oxygen atoms in total. The summed E-state index contributed by atoms with van der Waals surface area (Å²) in [6.07, 6.45) is -3.43. The van der Waals surface area contributed by atoms with Crippen molar-refractivity contribution in [2.75, 3.05) is 31.2 Å². The number of hydrogen-bond donors (Lipinski definition) is 2. The summed E-state index contributed by atoms with van der Waals surface area (Å²) in [6.45, 7) is 0.834. The van der Waals surface area contributed by atoms with E-state index in [1.165, 1.54) is 4.31 Å². The van der Waals surface area contributed by atoms with Crippen LogP contribution in [0.1, 0.15) is 18.4 Å². The van der Waals surface area contributed by atoms with E-state index in [1.807, 2.05) is 0 Å². The molecule has 4 N–H and O–H groups in total. The molecule has 0 atom stereocenters. The molecule has 1 fully saturated rings. The fourth-order valence-electron chi connectivity index (χ4n) is 3.81. The Morgan fingerprint density at radius 3 is 2.33 bits per heavy atom. The first-order chi connectivity index (χ1) is 15.6. The molecule has 0 unspecified atom stereocenters. The Kier molecular flexibility index (Phi) is 6.06. The first-order valence-corrected chi connectivity index (χ1v) is 11.6. The number of sulfonamides is 1. The van der Waals surface area contributed by atoms with E-state index in [-0.39, 0.29) is 35.7 Å². The molecule has 2 heterocycles. The third-order valence-electron chi connectivity index (χ3n) is 5.60. The van der Waals surface area contributed by atoms with Crippen molar-refractivity contribution in [3.8, 4) is 5.75 Å². The van der Waals surface area contributed by atoms with Crippen molar-refractivity contribution in [2.24, 2.45) is 5.92 Å². The molecule has 4 rings (SSSR count). The van der Waals surface area contributed by atoms with Gasteiger partial charge in [-0.25, -0.2) is 13.4 Å². The Morgan fingerprint density at radius 1 is 1.03 bits per heavy atom. The van der Waals surface area contributed by atoms with Gasteiger partial charge < -0.3 is 16.2 Å². The van der Waals surface area contributed by atoms with Gasteiger partial charge in [0, 0.05) is 13.1 Å². The maximum atomic E-state index is 12.8. The fraction of sp³-hybridized carbons (Fsp3) is 0.333. The molecule has 2 aromatic carbocycles. The van der Waals surface area contributed by atoms with Crippen molar-refractivity contribution in [3.05, 3.63) is 48.0 Å². The number of nitrogen functional groups attached to an aromatic ring is 2. The lowest BCUT2D eigenvalue weighted by Gasteiger charge is -2.31. The van der Waals surface area contributed by atoms with Crippen molar-refractivity contribution in [3.63, 3.8) is 0 Å². The van der Waals surface area contributed by atoms with Crippen LogP contribution in [0.15, 0.2) is 47.4 Å². The molecule has 0 spiro atoms. The zero-order valence-electron chi connectivity index (χ0n) is 17.4. The Labute approximate surface area is 188 Å². The van der Waals surface area contributed by atoms with Gasteiger partial charge in [0.1, 0.15) is 11.6 Å². The van der Waals surface area contributed by atoms with Gasteiger partial charge in [-0.2, -0.15) is 22.5 Å². The number of rotatable bonds is 5. The molecular weight excluding hydrogens is 459 g/mol. The predicted molar refractivity (Wildman–Crippen MR) is 117 cm³/mol. The Hall–Kier alpha value is -3.12. The summed E-state index contributed by atoms with van der Waals surface area (Å²) in [5, 5.41) is 0.564. The van der Waals surface area contributed by atoms with E-state index in [0.717, 1.165) is 24.3 Å². The van der Waals surface area contributed by atoms with Crippen LogP contribution in [-0.2, 0) is 16.2 Å². The minimum atomic E-state index is -4.52. The van der Waals surface area contributed by atoms with Gasteiger partial charge in [0.05, 0.1) is 28.0 Å². The SMILES string of the molecule is Nc1nc(N)c2c(OCC3CCN(S(=O)(=O)c4ccc(C(F)(F)F)cc4)CC3)cccc2n1. The highest BCUT2D eigenvalue weighted by molar-refractivity contribution is 7.89. The van der Waals surface area contributed by atoms with Gasteiger partial charge in [-0.3, -0.25) is 0 Å². The predicted octanol–water partition coefficient (Wildman–Crippen LogP) is 3.29. The van der Waals surface area contributed by atoms with E-state index in [2.05, 4.69) is 9.97 Å². The number of nitrogens with two attached hydrogens (primary N) is 2. The van der Waals surface area contributed by atoms with E-state index in [1.54, 1.807) is 18.2 Å². The van der Waals surface area contributed by atoms with Crippen LogP contribution in [0.2, 0.25) is 0 Å². The van der Waals surface area contributed by atoms with Crippen molar-refractivity contribution in [1.29, 1.82) is 0 Å². The van der Waals surface area contributed by atoms with Gasteiger partial charge in [-0.15, -0.1) is 0 Å². The number of nitrogens with zero attached hydrogens (tertiary/aromatic N) is 3. The number of hydrogen-bond acceptors (Lipinski definition) is 7. The van der Waals surface area contributed by atoms with E-state index in [9.17, 15) is 21.6 Å². The topological polar surface area (TPSA) is 124 Å². The fourth-order valence-corrected chi connectivity index (χ4v) is 5.28. The molecule has 0 amide bonds. The van der Waals surface area contributed by atoms with Crippen LogP contribution in [0.3, 0.4) is 0 Å². The van der Waals surface area contributed by atoms with Crippen LogP contribution in [0.4, 0.5) is 24.9 Å². The zero-order chi connectivity index (χ0) is 23.8. The maximum Gasteiger partial charge on any atom is 0.416 e. The normalized spacial score (nSPS) is 16.2. The van der Waals surface area contributed by atoms with Crippen molar-refractivity contribution in [1.82, 2.24) is 14.3 Å². The number of fused-ring (bicyclic) bond motifs is 1. The summed E-state index contributed by atoms with van der Waals surface area (Å²) in [7, 11) is -3.87. The van der Waals surface area contributed by atoms with E-state index < -0.39 is 21.8 Å². The highest BCUT2D eigenvalue weighted by atomic mass is 32.2. The van der Waals surface area contributed by atoms with Gasteiger partial charge >= 0.3 is 6.18 Å². The molecule has 1 aromatic heterocycles. The molecule has 0 saturated carbocycles. The van der Waals surface area contributed by atoms with Crippen LogP contribution in [-0.4, -0.2) is 42.4 Å². The van der Waals surface area contributed by atoms with Gasteiger partial charge in [-0.1, -0.05) is 6.07 Å². The zero-order valence-corrected chi connectivity index (χ0v) is 18.2. The highest BCUT2D eigenvalue weighted by Crippen LogP contribution is 2.32. The number of aromatic nitrogens is 2. The molecule has 0 aliphatic carbocycles. The highest BCUT2D eigenvalue weighted by Gasteiger charge is 2.33. The molecule has 176 valence electrons. The first-order valence-electron chi connectivity index (χ1n) is 10.2. The summed E-state index contributed by atoms with van der Waals surface area (Å²) in [5.41, 5.74) is 11.3. The van der Waals surface area contributed by atoms with Gasteiger partial charge in [0.2, 0.25) is 16.0 Å². The lowest BCUT2D eigenvalue weighted by atomic mass is 9.99. The minimum Gasteiger partial charge on any atom is -0.492 e. The molecule has 0 bridgehead atoms. The van der Waals surface area contributed by atoms with Crippen molar-refractivity contribution < 1.29 is 26.3 Å². The van der Waals surface area contributed by atoms with Gasteiger partial charge in [0.15, 0.2) is 0 Å². The van der Waals surface area contributed by atoms with Crippen LogP contribution in [0.25, 0.3) is 10.9 Å². The van der Waals surface area contributed by atoms with Crippen LogP contribution in [0, 0.1) is 5.92 Å². The van der Waals surface area contributed by atoms with Gasteiger partial charge in [0.25, 0.3) is 0 Å². The van der Waals surface area contributed by atoms with Crippen LogP contribution in [0.5, 0.6) is 5.75 Å². The molecule has 0 radical (unpaired) electrons. The number of anilines is 2. The Morgan fingerprint density at radius 2 is 1.70 bits per heavy atom. The lowest BCUT2D eigenvalue weighted by molar-refractivity contribution is -0.137. The van der Waals surface area contributed by atoms with E-state index in [4.69, 9.17) is 16.2 Å². The number of alkyl halides is 3. The van der Waals surface area contributed by atoms with E-state index in [0.29, 0.717) is 36.1 Å². The van der Waals surface area contributed by atoms with Crippen LogP contribution >= 0.6 is 0 Å². The molecule has 3 aromatic rings. The monoisotopic (exact) mass is 481 g/mol. The Balaban J connectivity index is 1.39. The summed E-state index contributed by atoms with van der Waals surface area (Å²) in [6, 6.07) is 8.81. The smallest absolute Gasteiger partial charge is 0.416 e. The number of halogens is 3. The quantitative estimate of drug-likeness (QED) is 0.573. The minimum absolute atomic E-state index is 0.0683. The average molecular weight is 482 g/mol. The van der Waals surface area contributed by atoms with E-state index >= 15 is 0 Å². The average Bonchev–Trinajstić information content (AvgIpc) is 2.77. The van der Waals surface area contributed by atoms with Gasteiger partial charge in [-0.05, 0) is 55.2 Å². The molecular formula is C21H22F3N5O3S. The largest absolute Gasteiger partial charge is 0.492 e. The van der Waals surface area contributed by atoms with Crippen molar-refractivity contribution >= 4 is 32.7 Å². The molecule has 1 saturated heterocycles. The summed E-state index contributed by atoms with van der Waals surface area (Å²) < 4.78 is 71.1. The van der Waals surface area contributed by atoms with Crippen LogP contribution < -0.4 is 16.2 Å². The second-order valence-electron chi connectivity index (χ2n) is 7.80. The molecule has 1 aliphatic rings. The number of piperidine rings is 1. The summed E-state index contributed by atoms with van der Waals surface area (Å²) in [4.78, 5) is 7.96. The number of ether oxygens (including phenoxy) is 1. The first kappa shape index (κ1) is 23.1. The summed E-state index contributed by atoms with van der Waals surface area (Å²) in [5.74, 6) is 0.893. The second kappa shape index (κ2) is 8.67. The lowest BCUT2D eigenvalue weighted by Crippen LogP contribution is -2.39. The number of benzene rings is 2. The molecule has 1 aliphatic heterocycles. The van der Waals surface area contributed by atoms with Crippen molar-refractivity contribution in [2.45, 2.75) is 23.9 Å². The third kappa shape index (κ3) is 4.81. The third-order valence-corrected chi connectivity index (χ3v) is 7.51.